The summed E-state index contributed by atoms with van der Waals surface area (Å²) >= 11 is 0. The third-order valence-electron chi connectivity index (χ3n) is 4.67. The number of likely N-dealkylation sites (tertiary alicyclic amines) is 1. The lowest BCUT2D eigenvalue weighted by atomic mass is 9.99. The van der Waals surface area contributed by atoms with Gasteiger partial charge >= 0.3 is 0 Å². The van der Waals surface area contributed by atoms with Crippen LogP contribution < -0.4 is 0 Å². The molecule has 1 amide bonds. The fourth-order valence-electron chi connectivity index (χ4n) is 2.92. The van der Waals surface area contributed by atoms with Crippen LogP contribution in [0.1, 0.15) is 61.6 Å². The molecule has 3 rings (SSSR count). The molecule has 1 atom stereocenters. The number of alkyl halides is 1. The number of halogens is 1. The number of nitrogens with zero attached hydrogens (tertiary/aromatic N) is 2. The van der Waals surface area contributed by atoms with E-state index in [9.17, 15) is 14.0 Å². The van der Waals surface area contributed by atoms with Gasteiger partial charge in [-0.3, -0.25) is 14.7 Å². The molecule has 120 valence electrons. The molecule has 1 aliphatic heterocycles. The van der Waals surface area contributed by atoms with E-state index < -0.39 is 5.67 Å². The highest BCUT2D eigenvalue weighted by Gasteiger charge is 2.50. The molecular weight excluding hydrogens is 285 g/mol. The first-order chi connectivity index (χ1) is 10.4. The zero-order valence-electron chi connectivity index (χ0n) is 13.1. The first-order valence-electron chi connectivity index (χ1n) is 7.96. The number of aromatic nitrogens is 2. The van der Waals surface area contributed by atoms with Crippen LogP contribution in [0.3, 0.4) is 0 Å². The summed E-state index contributed by atoms with van der Waals surface area (Å²) in [4.78, 5) is 25.9. The third kappa shape index (κ3) is 2.91. The summed E-state index contributed by atoms with van der Waals surface area (Å²) in [5, 5.41) is 6.95. The second-order valence-electron chi connectivity index (χ2n) is 6.86. The minimum Gasteiger partial charge on any atom is -0.337 e. The Hall–Kier alpha value is -1.72. The van der Waals surface area contributed by atoms with E-state index >= 15 is 0 Å². The fraction of sp³-hybridized carbons (Fsp3) is 0.688. The summed E-state index contributed by atoms with van der Waals surface area (Å²) in [5.74, 6) is -0.0291. The second kappa shape index (κ2) is 5.48. The summed E-state index contributed by atoms with van der Waals surface area (Å²) in [6.07, 6.45) is 1.74. The van der Waals surface area contributed by atoms with Gasteiger partial charge in [-0.1, -0.05) is 13.8 Å². The van der Waals surface area contributed by atoms with Gasteiger partial charge in [-0.05, 0) is 37.2 Å². The number of aromatic amines is 1. The van der Waals surface area contributed by atoms with E-state index in [0.717, 1.165) is 12.1 Å². The van der Waals surface area contributed by atoms with Crippen LogP contribution in [-0.2, 0) is 4.79 Å². The maximum absolute atomic E-state index is 13.7. The highest BCUT2D eigenvalue weighted by Crippen LogP contribution is 2.42. The van der Waals surface area contributed by atoms with Crippen LogP contribution in [0.25, 0.3) is 0 Å². The Kier molecular flexibility index (Phi) is 3.78. The monoisotopic (exact) mass is 307 g/mol. The van der Waals surface area contributed by atoms with Crippen molar-refractivity contribution >= 4 is 11.7 Å². The maximum atomic E-state index is 13.7. The lowest BCUT2D eigenvalue weighted by Crippen LogP contribution is -2.30. The van der Waals surface area contributed by atoms with Crippen LogP contribution in [0, 0.1) is 5.92 Å². The minimum absolute atomic E-state index is 0.0770. The van der Waals surface area contributed by atoms with Crippen LogP contribution in [0.2, 0.25) is 0 Å². The molecule has 1 aromatic heterocycles. The van der Waals surface area contributed by atoms with Crippen LogP contribution >= 0.6 is 0 Å². The number of carbonyl (C=O) groups is 2. The normalized spacial score (nSPS) is 23.1. The van der Waals surface area contributed by atoms with E-state index in [1.54, 1.807) is 11.0 Å². The molecule has 0 bridgehead atoms. The standard InChI is InChI=1S/C16H22FN3O2/c1-10(2)12-8-13(19-18-12)15(22)20-6-3-11(9-20)7-14(21)16(17)4-5-16/h8,10-11H,3-7,9H2,1-2H3,(H,18,19)/t11-/m0/s1. The van der Waals surface area contributed by atoms with E-state index in [2.05, 4.69) is 10.2 Å². The van der Waals surface area contributed by atoms with Crippen LogP contribution in [0.15, 0.2) is 6.07 Å². The first kappa shape index (κ1) is 15.2. The number of rotatable bonds is 5. The molecule has 2 aliphatic rings. The lowest BCUT2D eigenvalue weighted by molar-refractivity contribution is -0.126. The Balaban J connectivity index is 1.57. The zero-order valence-corrected chi connectivity index (χ0v) is 13.1. The van der Waals surface area contributed by atoms with Crippen LogP contribution in [0.4, 0.5) is 4.39 Å². The van der Waals surface area contributed by atoms with Gasteiger partial charge in [0.25, 0.3) is 5.91 Å². The molecule has 22 heavy (non-hydrogen) atoms. The van der Waals surface area contributed by atoms with Crippen molar-refractivity contribution in [3.63, 3.8) is 0 Å². The first-order valence-corrected chi connectivity index (χ1v) is 7.96. The van der Waals surface area contributed by atoms with Gasteiger partial charge in [0.05, 0.1) is 0 Å². The molecule has 0 spiro atoms. The zero-order chi connectivity index (χ0) is 15.9. The quantitative estimate of drug-likeness (QED) is 0.908. The number of hydrogen-bond donors (Lipinski definition) is 1. The van der Waals surface area contributed by atoms with Gasteiger partial charge in [-0.15, -0.1) is 0 Å². The van der Waals surface area contributed by atoms with Crippen molar-refractivity contribution < 1.29 is 14.0 Å². The van der Waals surface area contributed by atoms with Crippen molar-refractivity contribution in [1.82, 2.24) is 15.1 Å². The maximum Gasteiger partial charge on any atom is 0.274 e. The fourth-order valence-corrected chi connectivity index (χ4v) is 2.92. The van der Waals surface area contributed by atoms with Crippen molar-refractivity contribution in [2.75, 3.05) is 13.1 Å². The topological polar surface area (TPSA) is 66.1 Å². The lowest BCUT2D eigenvalue weighted by Gasteiger charge is -2.15. The summed E-state index contributed by atoms with van der Waals surface area (Å²) in [5.41, 5.74) is -0.201. The van der Waals surface area contributed by atoms with E-state index in [0.29, 0.717) is 31.6 Å². The number of Topliss-reactive ketones (excluding diaryl/α,β-unsaturated/α-hetero) is 1. The van der Waals surface area contributed by atoms with Crippen LogP contribution in [-0.4, -0.2) is 45.5 Å². The molecule has 2 heterocycles. The SMILES string of the molecule is CC(C)c1cc(C(=O)N2CC[C@@H](CC(=O)C3(F)CC3)C2)n[nH]1. The summed E-state index contributed by atoms with van der Waals surface area (Å²) in [6, 6.07) is 1.78. The van der Waals surface area contributed by atoms with E-state index in [-0.39, 0.29) is 29.9 Å². The van der Waals surface area contributed by atoms with Gasteiger partial charge in [0, 0.05) is 25.2 Å². The number of ketones is 1. The number of hydrogen-bond acceptors (Lipinski definition) is 3. The van der Waals surface area contributed by atoms with E-state index in [1.165, 1.54) is 0 Å². The predicted molar refractivity (Wildman–Crippen MR) is 79.4 cm³/mol. The molecule has 0 aromatic carbocycles. The molecule has 0 unspecified atom stereocenters. The van der Waals surface area contributed by atoms with Gasteiger partial charge in [0.1, 0.15) is 5.69 Å². The molecule has 6 heteroatoms. The molecule has 1 aromatic rings. The van der Waals surface area contributed by atoms with Crippen molar-refractivity contribution in [2.45, 2.75) is 51.1 Å². The Labute approximate surface area is 129 Å². The molecule has 1 aliphatic carbocycles. The van der Waals surface area contributed by atoms with E-state index in [4.69, 9.17) is 0 Å². The smallest absolute Gasteiger partial charge is 0.274 e. The predicted octanol–water partition coefficient (Wildman–Crippen LogP) is 2.46. The van der Waals surface area contributed by atoms with Gasteiger partial charge in [0.15, 0.2) is 11.5 Å². The Bertz CT molecular complexity index is 592. The third-order valence-corrected chi connectivity index (χ3v) is 4.67. The van der Waals surface area contributed by atoms with Gasteiger partial charge in [-0.2, -0.15) is 5.10 Å². The average molecular weight is 307 g/mol. The number of nitrogens with one attached hydrogen (secondary N) is 1. The Morgan fingerprint density at radius 2 is 2.23 bits per heavy atom. The summed E-state index contributed by atoms with van der Waals surface area (Å²) in [6.45, 7) is 5.19. The molecule has 1 saturated carbocycles. The second-order valence-corrected chi connectivity index (χ2v) is 6.86. The molecule has 5 nitrogen and oxygen atoms in total. The Morgan fingerprint density at radius 3 is 2.82 bits per heavy atom. The minimum atomic E-state index is -1.55. The molecular formula is C16H22FN3O2. The van der Waals surface area contributed by atoms with E-state index in [1.807, 2.05) is 13.8 Å². The summed E-state index contributed by atoms with van der Waals surface area (Å²) in [7, 11) is 0. The average Bonchev–Trinajstić information content (AvgIpc) is 2.95. The highest BCUT2D eigenvalue weighted by molar-refractivity contribution is 5.93. The van der Waals surface area contributed by atoms with Crippen molar-refractivity contribution in [1.29, 1.82) is 0 Å². The van der Waals surface area contributed by atoms with Crippen molar-refractivity contribution in [3.05, 3.63) is 17.5 Å². The van der Waals surface area contributed by atoms with Gasteiger partial charge < -0.3 is 4.90 Å². The Morgan fingerprint density at radius 1 is 1.50 bits per heavy atom. The van der Waals surface area contributed by atoms with Crippen molar-refractivity contribution in [3.8, 4) is 0 Å². The van der Waals surface area contributed by atoms with Crippen LogP contribution in [0.5, 0.6) is 0 Å². The highest BCUT2D eigenvalue weighted by atomic mass is 19.1. The van der Waals surface area contributed by atoms with Gasteiger partial charge in [0.2, 0.25) is 0 Å². The van der Waals surface area contributed by atoms with Gasteiger partial charge in [-0.25, -0.2) is 4.39 Å². The van der Waals surface area contributed by atoms with Crippen molar-refractivity contribution in [2.24, 2.45) is 5.92 Å². The molecule has 1 N–H and O–H groups in total. The summed E-state index contributed by atoms with van der Waals surface area (Å²) < 4.78 is 13.7. The number of H-pyrrole nitrogens is 1. The number of amides is 1. The molecule has 2 fully saturated rings. The molecule has 0 radical (unpaired) electrons. The largest absolute Gasteiger partial charge is 0.337 e. The molecule has 1 saturated heterocycles. The number of carbonyl (C=O) groups excluding carboxylic acids is 2.